The molecule has 94 valence electrons. The van der Waals surface area contributed by atoms with Crippen LogP contribution in [0.4, 0.5) is 0 Å². The number of carbonyl (C=O) groups is 1. The minimum atomic E-state index is -0.280. The normalized spacial score (nSPS) is 17.3. The van der Waals surface area contributed by atoms with Crippen molar-refractivity contribution >= 4 is 5.91 Å². The van der Waals surface area contributed by atoms with Gasteiger partial charge in [0.15, 0.2) is 0 Å². The highest BCUT2D eigenvalue weighted by molar-refractivity contribution is 5.97. The topological polar surface area (TPSA) is 64.9 Å². The molecular formula is C13H21N3O. The quantitative estimate of drug-likeness (QED) is 0.564. The molecule has 1 amide bonds. The van der Waals surface area contributed by atoms with Crippen LogP contribution in [0, 0.1) is 11.3 Å². The summed E-state index contributed by atoms with van der Waals surface area (Å²) < 4.78 is 0. The van der Waals surface area contributed by atoms with E-state index in [2.05, 4.69) is 10.6 Å². The highest BCUT2D eigenvalue weighted by atomic mass is 16.1. The van der Waals surface area contributed by atoms with Crippen LogP contribution in [0.25, 0.3) is 0 Å². The van der Waals surface area contributed by atoms with E-state index in [0.717, 1.165) is 19.3 Å². The predicted molar refractivity (Wildman–Crippen MR) is 67.0 cm³/mol. The SMILES string of the molecule is CCCNC(=O)/C(C#N)=C\NC1CCCCC1. The van der Waals surface area contributed by atoms with Crippen molar-refractivity contribution < 1.29 is 4.79 Å². The molecule has 0 spiro atoms. The number of nitrogens with zero attached hydrogens (tertiary/aromatic N) is 1. The molecule has 0 aromatic carbocycles. The summed E-state index contributed by atoms with van der Waals surface area (Å²) in [6.45, 7) is 2.59. The molecule has 17 heavy (non-hydrogen) atoms. The Hall–Kier alpha value is -1.50. The molecule has 0 radical (unpaired) electrons. The maximum absolute atomic E-state index is 11.6. The number of hydrogen-bond donors (Lipinski definition) is 2. The molecule has 0 atom stereocenters. The second-order valence-corrected chi connectivity index (χ2v) is 4.43. The molecule has 0 heterocycles. The predicted octanol–water partition coefficient (Wildman–Crippen LogP) is 1.84. The number of rotatable bonds is 5. The van der Waals surface area contributed by atoms with Gasteiger partial charge in [-0.3, -0.25) is 4.79 Å². The number of nitrogens with one attached hydrogen (secondary N) is 2. The first-order chi connectivity index (χ1) is 8.27. The van der Waals surface area contributed by atoms with Crippen LogP contribution in [-0.4, -0.2) is 18.5 Å². The van der Waals surface area contributed by atoms with Crippen molar-refractivity contribution in [3.63, 3.8) is 0 Å². The van der Waals surface area contributed by atoms with Crippen molar-refractivity contribution in [3.05, 3.63) is 11.8 Å². The Balaban J connectivity index is 2.43. The third-order valence-electron chi connectivity index (χ3n) is 2.97. The summed E-state index contributed by atoms with van der Waals surface area (Å²) in [6, 6.07) is 2.36. The summed E-state index contributed by atoms with van der Waals surface area (Å²) in [5.41, 5.74) is 0.170. The number of hydrogen-bond acceptors (Lipinski definition) is 3. The Morgan fingerprint density at radius 2 is 2.12 bits per heavy atom. The van der Waals surface area contributed by atoms with E-state index in [1.807, 2.05) is 13.0 Å². The molecule has 4 nitrogen and oxygen atoms in total. The van der Waals surface area contributed by atoms with Gasteiger partial charge in [-0.1, -0.05) is 26.2 Å². The molecular weight excluding hydrogens is 214 g/mol. The van der Waals surface area contributed by atoms with Crippen molar-refractivity contribution in [2.75, 3.05) is 6.54 Å². The highest BCUT2D eigenvalue weighted by Gasteiger charge is 2.13. The van der Waals surface area contributed by atoms with Crippen molar-refractivity contribution in [2.24, 2.45) is 0 Å². The molecule has 0 aliphatic heterocycles. The number of carbonyl (C=O) groups excluding carboxylic acids is 1. The van der Waals surface area contributed by atoms with Crippen LogP contribution < -0.4 is 10.6 Å². The Bertz CT molecular complexity index is 311. The molecule has 0 aromatic heterocycles. The Kier molecular flexibility index (Phi) is 6.16. The summed E-state index contributed by atoms with van der Waals surface area (Å²) in [4.78, 5) is 11.6. The standard InChI is InChI=1S/C13H21N3O/c1-2-8-15-13(17)11(9-14)10-16-12-6-4-3-5-7-12/h10,12,16H,2-8H2,1H3,(H,15,17)/b11-10-. The van der Waals surface area contributed by atoms with E-state index in [4.69, 9.17) is 5.26 Å². The molecule has 2 N–H and O–H groups in total. The van der Waals surface area contributed by atoms with Crippen LogP contribution in [0.1, 0.15) is 45.4 Å². The lowest BCUT2D eigenvalue weighted by molar-refractivity contribution is -0.117. The maximum atomic E-state index is 11.6. The minimum Gasteiger partial charge on any atom is -0.387 e. The zero-order valence-electron chi connectivity index (χ0n) is 10.5. The molecule has 1 aliphatic carbocycles. The van der Waals surface area contributed by atoms with E-state index in [1.165, 1.54) is 19.3 Å². The van der Waals surface area contributed by atoms with Crippen molar-refractivity contribution in [3.8, 4) is 6.07 Å². The van der Waals surface area contributed by atoms with Gasteiger partial charge in [-0.2, -0.15) is 5.26 Å². The molecule has 0 aromatic rings. The van der Waals surface area contributed by atoms with E-state index in [0.29, 0.717) is 12.6 Å². The summed E-state index contributed by atoms with van der Waals surface area (Å²) >= 11 is 0. The van der Waals surface area contributed by atoms with Crippen molar-refractivity contribution in [1.29, 1.82) is 5.26 Å². The van der Waals surface area contributed by atoms with Gasteiger partial charge < -0.3 is 10.6 Å². The average molecular weight is 235 g/mol. The minimum absolute atomic E-state index is 0.170. The number of nitriles is 1. The lowest BCUT2D eigenvalue weighted by Gasteiger charge is -2.21. The van der Waals surface area contributed by atoms with Crippen LogP contribution in [0.3, 0.4) is 0 Å². The molecule has 0 bridgehead atoms. The van der Waals surface area contributed by atoms with Crippen LogP contribution in [-0.2, 0) is 4.79 Å². The fourth-order valence-electron chi connectivity index (χ4n) is 1.95. The first-order valence-electron chi connectivity index (χ1n) is 6.42. The second-order valence-electron chi connectivity index (χ2n) is 4.43. The lowest BCUT2D eigenvalue weighted by atomic mass is 9.96. The van der Waals surface area contributed by atoms with E-state index in [1.54, 1.807) is 6.20 Å². The zero-order chi connectivity index (χ0) is 12.5. The molecule has 1 saturated carbocycles. The van der Waals surface area contributed by atoms with Gasteiger partial charge in [-0.25, -0.2) is 0 Å². The highest BCUT2D eigenvalue weighted by Crippen LogP contribution is 2.17. The summed E-state index contributed by atoms with van der Waals surface area (Å²) in [7, 11) is 0. The smallest absolute Gasteiger partial charge is 0.263 e. The summed E-state index contributed by atoms with van der Waals surface area (Å²) in [5, 5.41) is 14.8. The monoisotopic (exact) mass is 235 g/mol. The van der Waals surface area contributed by atoms with Gasteiger partial charge in [0.05, 0.1) is 0 Å². The van der Waals surface area contributed by atoms with Crippen LogP contribution in [0.2, 0.25) is 0 Å². The van der Waals surface area contributed by atoms with E-state index in [-0.39, 0.29) is 11.5 Å². The third-order valence-corrected chi connectivity index (χ3v) is 2.97. The lowest BCUT2D eigenvalue weighted by Crippen LogP contribution is -2.30. The van der Waals surface area contributed by atoms with E-state index < -0.39 is 0 Å². The van der Waals surface area contributed by atoms with Gasteiger partial charge in [-0.05, 0) is 19.3 Å². The fourth-order valence-corrected chi connectivity index (χ4v) is 1.95. The zero-order valence-corrected chi connectivity index (χ0v) is 10.5. The average Bonchev–Trinajstić information content (AvgIpc) is 2.38. The van der Waals surface area contributed by atoms with Gasteiger partial charge >= 0.3 is 0 Å². The second kappa shape index (κ2) is 7.72. The maximum Gasteiger partial charge on any atom is 0.263 e. The molecule has 1 aliphatic rings. The molecule has 1 rings (SSSR count). The third kappa shape index (κ3) is 4.90. The fraction of sp³-hybridized carbons (Fsp3) is 0.692. The van der Waals surface area contributed by atoms with Crippen molar-refractivity contribution in [1.82, 2.24) is 10.6 Å². The Labute approximate surface area is 103 Å². The summed E-state index contributed by atoms with van der Waals surface area (Å²) in [5.74, 6) is -0.280. The van der Waals surface area contributed by atoms with Gasteiger partial charge in [0.1, 0.15) is 11.6 Å². The van der Waals surface area contributed by atoms with E-state index in [9.17, 15) is 4.79 Å². The Morgan fingerprint density at radius 3 is 2.71 bits per heavy atom. The van der Waals surface area contributed by atoms with E-state index >= 15 is 0 Å². The first-order valence-corrected chi connectivity index (χ1v) is 6.42. The molecule has 0 unspecified atom stereocenters. The van der Waals surface area contributed by atoms with Crippen LogP contribution in [0.15, 0.2) is 11.8 Å². The first kappa shape index (κ1) is 13.6. The molecule has 0 saturated heterocycles. The number of amides is 1. The molecule has 4 heteroatoms. The Morgan fingerprint density at radius 1 is 1.41 bits per heavy atom. The molecule has 1 fully saturated rings. The van der Waals surface area contributed by atoms with Gasteiger partial charge in [0.2, 0.25) is 0 Å². The van der Waals surface area contributed by atoms with Gasteiger partial charge in [-0.15, -0.1) is 0 Å². The van der Waals surface area contributed by atoms with Crippen LogP contribution >= 0.6 is 0 Å². The summed E-state index contributed by atoms with van der Waals surface area (Å²) in [6.07, 6.45) is 8.47. The van der Waals surface area contributed by atoms with Gasteiger partial charge in [0, 0.05) is 18.8 Å². The van der Waals surface area contributed by atoms with Crippen LogP contribution in [0.5, 0.6) is 0 Å². The van der Waals surface area contributed by atoms with Gasteiger partial charge in [0.25, 0.3) is 5.91 Å². The van der Waals surface area contributed by atoms with Crippen molar-refractivity contribution in [2.45, 2.75) is 51.5 Å². The largest absolute Gasteiger partial charge is 0.387 e.